The quantitative estimate of drug-likeness (QED) is 0.623. The van der Waals surface area contributed by atoms with E-state index in [0.717, 1.165) is 18.2 Å². The van der Waals surface area contributed by atoms with Crippen molar-refractivity contribution in [1.29, 1.82) is 0 Å². The molecule has 0 aliphatic rings. The Morgan fingerprint density at radius 3 is 2.54 bits per heavy atom. The minimum Gasteiger partial charge on any atom is -0.545 e. The molecule has 0 heterocycles. The third-order valence-corrected chi connectivity index (χ3v) is 1.40. The summed E-state index contributed by atoms with van der Waals surface area (Å²) in [7, 11) is 0. The third kappa shape index (κ3) is 1.92. The molecular formula is C7H5FNO4-. The van der Waals surface area contributed by atoms with Crippen LogP contribution >= 0.6 is 0 Å². The van der Waals surface area contributed by atoms with Crippen molar-refractivity contribution in [3.63, 3.8) is 0 Å². The number of hydrogen-bond donors (Lipinski definition) is 2. The van der Waals surface area contributed by atoms with Crippen molar-refractivity contribution in [1.82, 2.24) is 0 Å². The molecule has 0 saturated carbocycles. The molecule has 0 bridgehead atoms. The molecule has 0 radical (unpaired) electrons. The van der Waals surface area contributed by atoms with E-state index in [1.807, 2.05) is 0 Å². The number of halogens is 1. The zero-order valence-electron chi connectivity index (χ0n) is 6.27. The molecule has 13 heavy (non-hydrogen) atoms. The third-order valence-electron chi connectivity index (χ3n) is 1.40. The standard InChI is InChI=1S/C7H6FNO4/c8-6-2-1-4(9(12)13)3-5(6)7(10)11/h1-3,12-13H,(H,10,11)/p-1. The highest BCUT2D eigenvalue weighted by Gasteiger charge is 2.06. The van der Waals surface area contributed by atoms with Crippen LogP contribution in [0.3, 0.4) is 0 Å². The van der Waals surface area contributed by atoms with Crippen molar-refractivity contribution in [2.45, 2.75) is 0 Å². The predicted molar refractivity (Wildman–Crippen MR) is 36.8 cm³/mol. The number of carbonyl (C=O) groups is 1. The maximum atomic E-state index is 12.7. The number of benzene rings is 1. The Labute approximate surface area is 72.2 Å². The van der Waals surface area contributed by atoms with E-state index in [2.05, 4.69) is 0 Å². The van der Waals surface area contributed by atoms with Crippen LogP contribution in [0.1, 0.15) is 10.4 Å². The summed E-state index contributed by atoms with van der Waals surface area (Å²) in [5.41, 5.74) is -0.994. The first kappa shape index (κ1) is 9.43. The van der Waals surface area contributed by atoms with Gasteiger partial charge >= 0.3 is 0 Å². The van der Waals surface area contributed by atoms with Gasteiger partial charge in [0, 0.05) is 5.56 Å². The number of nitrogens with zero attached hydrogens (tertiary/aromatic N) is 1. The van der Waals surface area contributed by atoms with Gasteiger partial charge in [-0.05, 0) is 18.2 Å². The minimum absolute atomic E-state index is 0.263. The van der Waals surface area contributed by atoms with Gasteiger partial charge < -0.3 is 9.90 Å². The smallest absolute Gasteiger partial charge is 0.132 e. The largest absolute Gasteiger partial charge is 0.545 e. The fourth-order valence-electron chi connectivity index (χ4n) is 0.794. The number of rotatable bonds is 2. The fourth-order valence-corrected chi connectivity index (χ4v) is 0.794. The average molecular weight is 186 g/mol. The molecule has 0 spiro atoms. The maximum Gasteiger partial charge on any atom is 0.132 e. The molecule has 0 atom stereocenters. The summed E-state index contributed by atoms with van der Waals surface area (Å²) in [4.78, 5) is 10.3. The van der Waals surface area contributed by atoms with Gasteiger partial charge in [-0.2, -0.15) is 0 Å². The summed E-state index contributed by atoms with van der Waals surface area (Å²) < 4.78 is 12.7. The molecule has 2 N–H and O–H groups in total. The van der Waals surface area contributed by atoms with E-state index < -0.39 is 17.3 Å². The number of carboxylic acid groups (broad SMARTS) is 1. The van der Waals surface area contributed by atoms with Crippen LogP contribution in [-0.2, 0) is 0 Å². The lowest BCUT2D eigenvalue weighted by molar-refractivity contribution is -0.255. The molecule has 0 aliphatic heterocycles. The van der Waals surface area contributed by atoms with Crippen LogP contribution < -0.4 is 10.3 Å². The number of hydrogen-bond acceptors (Lipinski definition) is 5. The average Bonchev–Trinajstić information content (AvgIpc) is 2.04. The number of aromatic carboxylic acids is 1. The van der Waals surface area contributed by atoms with Gasteiger partial charge in [0.1, 0.15) is 5.82 Å². The molecule has 1 rings (SSSR count). The van der Waals surface area contributed by atoms with Crippen LogP contribution in [0, 0.1) is 5.82 Å². The van der Waals surface area contributed by atoms with E-state index >= 15 is 0 Å². The molecule has 0 fully saturated rings. The Balaban J connectivity index is 3.19. The Morgan fingerprint density at radius 1 is 1.46 bits per heavy atom. The van der Waals surface area contributed by atoms with Gasteiger partial charge in [-0.3, -0.25) is 10.4 Å². The van der Waals surface area contributed by atoms with Crippen molar-refractivity contribution in [2.75, 3.05) is 5.23 Å². The second-order valence-electron chi connectivity index (χ2n) is 2.24. The Bertz CT molecular complexity index is 339. The van der Waals surface area contributed by atoms with Crippen molar-refractivity contribution in [3.05, 3.63) is 29.6 Å². The van der Waals surface area contributed by atoms with Gasteiger partial charge in [-0.25, -0.2) is 4.39 Å². The first-order valence-corrected chi connectivity index (χ1v) is 3.21. The molecule has 0 saturated heterocycles. The van der Waals surface area contributed by atoms with E-state index in [-0.39, 0.29) is 10.9 Å². The predicted octanol–water partition coefficient (Wildman–Crippen LogP) is -0.226. The molecule has 0 amide bonds. The Kier molecular flexibility index (Phi) is 2.45. The van der Waals surface area contributed by atoms with Crippen molar-refractivity contribution >= 4 is 11.7 Å². The van der Waals surface area contributed by atoms with Crippen molar-refractivity contribution in [3.8, 4) is 0 Å². The van der Waals surface area contributed by atoms with Gasteiger partial charge in [0.25, 0.3) is 0 Å². The topological polar surface area (TPSA) is 83.8 Å². The van der Waals surface area contributed by atoms with Gasteiger partial charge in [-0.15, -0.1) is 5.23 Å². The van der Waals surface area contributed by atoms with E-state index in [1.54, 1.807) is 0 Å². The second-order valence-corrected chi connectivity index (χ2v) is 2.24. The summed E-state index contributed by atoms with van der Waals surface area (Å²) in [6.45, 7) is 0. The summed E-state index contributed by atoms with van der Waals surface area (Å²) in [5.74, 6) is -2.72. The Hall–Kier alpha value is -1.66. The summed E-state index contributed by atoms with van der Waals surface area (Å²) in [5, 5.41) is 26.9. The van der Waals surface area contributed by atoms with Gasteiger partial charge in [0.15, 0.2) is 0 Å². The van der Waals surface area contributed by atoms with Gasteiger partial charge in [-0.1, -0.05) is 0 Å². The van der Waals surface area contributed by atoms with Gasteiger partial charge in [0.05, 0.1) is 11.7 Å². The molecule has 70 valence electrons. The summed E-state index contributed by atoms with van der Waals surface area (Å²) in [6, 6.07) is 2.53. The molecule has 1 aromatic rings. The summed E-state index contributed by atoms with van der Waals surface area (Å²) >= 11 is 0. The lowest BCUT2D eigenvalue weighted by atomic mass is 10.2. The van der Waals surface area contributed by atoms with Crippen molar-refractivity contribution in [2.24, 2.45) is 0 Å². The van der Waals surface area contributed by atoms with E-state index in [0.29, 0.717) is 0 Å². The SMILES string of the molecule is O=C([O-])c1cc(N(O)O)ccc1F. The van der Waals surface area contributed by atoms with Crippen LogP contribution in [0.15, 0.2) is 18.2 Å². The summed E-state index contributed by atoms with van der Waals surface area (Å²) in [6.07, 6.45) is 0. The number of carbonyl (C=O) groups excluding carboxylic acids is 1. The minimum atomic E-state index is -1.72. The molecular weight excluding hydrogens is 181 g/mol. The van der Waals surface area contributed by atoms with Gasteiger partial charge in [0.2, 0.25) is 0 Å². The highest BCUT2D eigenvalue weighted by Crippen LogP contribution is 2.15. The molecule has 6 heteroatoms. The molecule has 5 nitrogen and oxygen atoms in total. The molecule has 0 aliphatic carbocycles. The van der Waals surface area contributed by atoms with Crippen molar-refractivity contribution < 1.29 is 24.7 Å². The zero-order valence-corrected chi connectivity index (χ0v) is 6.27. The maximum absolute atomic E-state index is 12.7. The Morgan fingerprint density at radius 2 is 2.08 bits per heavy atom. The first-order valence-electron chi connectivity index (χ1n) is 3.21. The number of carboxylic acids is 1. The highest BCUT2D eigenvalue weighted by molar-refractivity contribution is 5.87. The lowest BCUT2D eigenvalue weighted by Gasteiger charge is -2.10. The second kappa shape index (κ2) is 3.38. The van der Waals surface area contributed by atoms with Crippen LogP contribution in [0.4, 0.5) is 10.1 Å². The van der Waals surface area contributed by atoms with E-state index in [1.165, 1.54) is 0 Å². The number of anilines is 1. The van der Waals surface area contributed by atoms with Crippen LogP contribution in [0.2, 0.25) is 0 Å². The van der Waals surface area contributed by atoms with E-state index in [9.17, 15) is 14.3 Å². The lowest BCUT2D eigenvalue weighted by Crippen LogP contribution is -2.24. The molecule has 0 aromatic heterocycles. The van der Waals surface area contributed by atoms with Crippen LogP contribution in [-0.4, -0.2) is 16.4 Å². The monoisotopic (exact) mass is 186 g/mol. The van der Waals surface area contributed by atoms with Crippen LogP contribution in [0.25, 0.3) is 0 Å². The fraction of sp³-hybridized carbons (Fsp3) is 0. The normalized spacial score (nSPS) is 9.77. The molecule has 0 unspecified atom stereocenters. The zero-order chi connectivity index (χ0) is 10.0. The van der Waals surface area contributed by atoms with E-state index in [4.69, 9.17) is 10.4 Å². The first-order chi connectivity index (χ1) is 6.02. The van der Waals surface area contributed by atoms with Crippen LogP contribution in [0.5, 0.6) is 0 Å². The molecule has 1 aromatic carbocycles. The highest BCUT2D eigenvalue weighted by atomic mass is 19.1.